The van der Waals surface area contributed by atoms with E-state index in [1.54, 1.807) is 30.3 Å². The molecule has 26 heavy (non-hydrogen) atoms. The summed E-state index contributed by atoms with van der Waals surface area (Å²) in [7, 11) is -3.48. The maximum Gasteiger partial charge on any atom is 0.237 e. The van der Waals surface area contributed by atoms with E-state index in [1.165, 1.54) is 9.71 Å². The molecule has 1 atom stereocenters. The first-order chi connectivity index (χ1) is 12.3. The van der Waals surface area contributed by atoms with Gasteiger partial charge in [0.1, 0.15) is 0 Å². The van der Waals surface area contributed by atoms with Crippen LogP contribution in [0.25, 0.3) is 6.08 Å². The molecular weight excluding hydrogens is 374 g/mol. The summed E-state index contributed by atoms with van der Waals surface area (Å²) in [6, 6.07) is 7.09. The molecule has 1 heterocycles. The van der Waals surface area contributed by atoms with Crippen molar-refractivity contribution < 1.29 is 13.2 Å². The average Bonchev–Trinajstić information content (AvgIpc) is 3.45. The normalized spacial score (nSPS) is 21.0. The molecule has 142 valence electrons. The molecule has 0 aromatic heterocycles. The first kappa shape index (κ1) is 19.4. The van der Waals surface area contributed by atoms with Crippen molar-refractivity contribution in [2.45, 2.75) is 31.8 Å². The van der Waals surface area contributed by atoms with E-state index in [1.807, 2.05) is 11.8 Å². The Morgan fingerprint density at radius 3 is 2.38 bits per heavy atom. The molecule has 8 heteroatoms. The van der Waals surface area contributed by atoms with Crippen LogP contribution in [0.5, 0.6) is 0 Å². The summed E-state index contributed by atoms with van der Waals surface area (Å²) in [5.74, 6) is 0.0337. The Hall–Kier alpha value is -1.41. The molecule has 1 aliphatic carbocycles. The lowest BCUT2D eigenvalue weighted by molar-refractivity contribution is -0.126. The lowest BCUT2D eigenvalue weighted by Crippen LogP contribution is -2.54. The van der Waals surface area contributed by atoms with Crippen LogP contribution in [0.3, 0.4) is 0 Å². The number of benzene rings is 1. The summed E-state index contributed by atoms with van der Waals surface area (Å²) < 4.78 is 26.5. The van der Waals surface area contributed by atoms with Gasteiger partial charge in [-0.25, -0.2) is 8.42 Å². The highest BCUT2D eigenvalue weighted by molar-refractivity contribution is 7.92. The standard InChI is InChI=1S/C18H24ClN3O3S/c1-14(18(23)20-17-6-7-17)21-9-11-22(12-10-21)26(24,25)13-8-15-2-4-16(19)5-3-15/h2-5,8,13-14,17H,6-7,9-12H2,1H3,(H,20,23)/b13-8+. The molecule has 6 nitrogen and oxygen atoms in total. The Bertz CT molecular complexity index is 767. The van der Waals surface area contributed by atoms with Gasteiger partial charge >= 0.3 is 0 Å². The maximum atomic E-state index is 12.5. The van der Waals surface area contributed by atoms with Crippen molar-refractivity contribution in [3.8, 4) is 0 Å². The SMILES string of the molecule is CC(C(=O)NC1CC1)N1CCN(S(=O)(=O)/C=C/c2ccc(Cl)cc2)CC1. The minimum absolute atomic E-state index is 0.0337. The smallest absolute Gasteiger partial charge is 0.237 e. The Morgan fingerprint density at radius 1 is 1.19 bits per heavy atom. The molecule has 1 aromatic carbocycles. The van der Waals surface area contributed by atoms with E-state index in [9.17, 15) is 13.2 Å². The number of carbonyl (C=O) groups excluding carboxylic acids is 1. The number of hydrogen-bond acceptors (Lipinski definition) is 4. The fraction of sp³-hybridized carbons (Fsp3) is 0.500. The maximum absolute atomic E-state index is 12.5. The summed E-state index contributed by atoms with van der Waals surface area (Å²) in [6.45, 7) is 3.74. The van der Waals surface area contributed by atoms with Crippen LogP contribution in [0.15, 0.2) is 29.7 Å². The number of halogens is 1. The van der Waals surface area contributed by atoms with Crippen molar-refractivity contribution in [1.29, 1.82) is 0 Å². The molecule has 1 N–H and O–H groups in total. The van der Waals surface area contributed by atoms with E-state index in [4.69, 9.17) is 11.6 Å². The minimum Gasteiger partial charge on any atom is -0.352 e. The van der Waals surface area contributed by atoms with Gasteiger partial charge in [-0.2, -0.15) is 4.31 Å². The number of rotatable bonds is 6. The highest BCUT2D eigenvalue weighted by atomic mass is 35.5. The lowest BCUT2D eigenvalue weighted by atomic mass is 10.2. The molecule has 0 bridgehead atoms. The summed E-state index contributed by atoms with van der Waals surface area (Å²) in [6.07, 6.45) is 3.69. The van der Waals surface area contributed by atoms with E-state index in [0.29, 0.717) is 37.2 Å². The van der Waals surface area contributed by atoms with Gasteiger partial charge in [0, 0.05) is 42.7 Å². The quantitative estimate of drug-likeness (QED) is 0.796. The van der Waals surface area contributed by atoms with Gasteiger partial charge in [0.15, 0.2) is 0 Å². The van der Waals surface area contributed by atoms with Crippen LogP contribution in [-0.2, 0) is 14.8 Å². The van der Waals surface area contributed by atoms with Crippen LogP contribution in [0.4, 0.5) is 0 Å². The second-order valence-corrected chi connectivity index (χ2v) is 9.05. The van der Waals surface area contributed by atoms with E-state index < -0.39 is 10.0 Å². The first-order valence-corrected chi connectivity index (χ1v) is 10.7. The Labute approximate surface area is 159 Å². The number of nitrogens with one attached hydrogen (secondary N) is 1. The zero-order valence-corrected chi connectivity index (χ0v) is 16.3. The van der Waals surface area contributed by atoms with Crippen LogP contribution in [0.1, 0.15) is 25.3 Å². The first-order valence-electron chi connectivity index (χ1n) is 8.83. The van der Waals surface area contributed by atoms with Crippen molar-refractivity contribution >= 4 is 33.6 Å². The predicted molar refractivity (Wildman–Crippen MR) is 103 cm³/mol. The fourth-order valence-corrected chi connectivity index (χ4v) is 4.18. The van der Waals surface area contributed by atoms with Crippen LogP contribution in [0, 0.1) is 0 Å². The average molecular weight is 398 g/mol. The number of amides is 1. The van der Waals surface area contributed by atoms with E-state index in [0.717, 1.165) is 18.4 Å². The van der Waals surface area contributed by atoms with E-state index >= 15 is 0 Å². The van der Waals surface area contributed by atoms with Gasteiger partial charge in [-0.15, -0.1) is 0 Å². The molecule has 1 unspecified atom stereocenters. The fourth-order valence-electron chi connectivity index (χ4n) is 2.89. The van der Waals surface area contributed by atoms with Crippen LogP contribution in [0.2, 0.25) is 5.02 Å². The summed E-state index contributed by atoms with van der Waals surface area (Å²) in [5.41, 5.74) is 0.780. The predicted octanol–water partition coefficient (Wildman–Crippen LogP) is 1.93. The van der Waals surface area contributed by atoms with Crippen molar-refractivity contribution in [1.82, 2.24) is 14.5 Å². The number of hydrogen-bond donors (Lipinski definition) is 1. The zero-order chi connectivity index (χ0) is 18.7. The van der Waals surface area contributed by atoms with Crippen molar-refractivity contribution in [3.05, 3.63) is 40.3 Å². The Balaban J connectivity index is 1.54. The molecule has 3 rings (SSSR count). The summed E-state index contributed by atoms with van der Waals surface area (Å²) >= 11 is 5.83. The van der Waals surface area contributed by atoms with Crippen LogP contribution >= 0.6 is 11.6 Å². The van der Waals surface area contributed by atoms with Gasteiger partial charge in [0.25, 0.3) is 0 Å². The second kappa shape index (κ2) is 8.08. The molecule has 1 aromatic rings. The summed E-state index contributed by atoms with van der Waals surface area (Å²) in [4.78, 5) is 14.2. The third-order valence-electron chi connectivity index (χ3n) is 4.79. The molecule has 1 aliphatic heterocycles. The molecule has 2 fully saturated rings. The number of nitrogens with zero attached hydrogens (tertiary/aromatic N) is 2. The zero-order valence-electron chi connectivity index (χ0n) is 14.8. The van der Waals surface area contributed by atoms with Crippen LogP contribution < -0.4 is 5.32 Å². The van der Waals surface area contributed by atoms with Gasteiger partial charge < -0.3 is 5.32 Å². The van der Waals surface area contributed by atoms with Crippen molar-refractivity contribution in [2.75, 3.05) is 26.2 Å². The molecule has 1 amide bonds. The number of sulfonamides is 1. The molecule has 0 radical (unpaired) electrons. The Kier molecular flexibility index (Phi) is 6.02. The molecule has 1 saturated carbocycles. The number of carbonyl (C=O) groups is 1. The minimum atomic E-state index is -3.48. The number of piperazine rings is 1. The van der Waals surface area contributed by atoms with E-state index in [2.05, 4.69) is 5.32 Å². The highest BCUT2D eigenvalue weighted by Crippen LogP contribution is 2.20. The highest BCUT2D eigenvalue weighted by Gasteiger charge is 2.32. The molecular formula is C18H24ClN3O3S. The topological polar surface area (TPSA) is 69.7 Å². The molecule has 0 spiro atoms. The lowest BCUT2D eigenvalue weighted by Gasteiger charge is -2.36. The third kappa shape index (κ3) is 5.07. The Morgan fingerprint density at radius 2 is 1.81 bits per heavy atom. The summed E-state index contributed by atoms with van der Waals surface area (Å²) in [5, 5.41) is 4.85. The molecule has 2 aliphatic rings. The van der Waals surface area contributed by atoms with Crippen molar-refractivity contribution in [3.63, 3.8) is 0 Å². The van der Waals surface area contributed by atoms with Crippen molar-refractivity contribution in [2.24, 2.45) is 0 Å². The monoisotopic (exact) mass is 397 g/mol. The van der Waals surface area contributed by atoms with Gasteiger partial charge in [0.2, 0.25) is 15.9 Å². The van der Waals surface area contributed by atoms with Gasteiger partial charge in [-0.05, 0) is 43.5 Å². The third-order valence-corrected chi connectivity index (χ3v) is 6.60. The van der Waals surface area contributed by atoms with Gasteiger partial charge in [-0.1, -0.05) is 23.7 Å². The second-order valence-electron chi connectivity index (χ2n) is 6.79. The van der Waals surface area contributed by atoms with E-state index in [-0.39, 0.29) is 11.9 Å². The van der Waals surface area contributed by atoms with Gasteiger partial charge in [-0.3, -0.25) is 9.69 Å². The molecule has 1 saturated heterocycles. The van der Waals surface area contributed by atoms with Crippen LogP contribution in [-0.4, -0.2) is 61.8 Å². The largest absolute Gasteiger partial charge is 0.352 e. The van der Waals surface area contributed by atoms with Gasteiger partial charge in [0.05, 0.1) is 6.04 Å².